The summed E-state index contributed by atoms with van der Waals surface area (Å²) in [5.41, 5.74) is 2.84. The largest absolute Gasteiger partial charge is 0.485 e. The van der Waals surface area contributed by atoms with Gasteiger partial charge in [0, 0.05) is 0 Å². The Morgan fingerprint density at radius 3 is 1.67 bits per heavy atom. The molecular weight excluding hydrogens is 300 g/mol. The van der Waals surface area contributed by atoms with Crippen LogP contribution in [0.3, 0.4) is 0 Å². The average Bonchev–Trinajstić information content (AvgIpc) is 2.66. The molecule has 0 bridgehead atoms. The maximum Gasteiger partial charge on any atom is 0.162 e. The van der Waals surface area contributed by atoms with Crippen molar-refractivity contribution in [3.63, 3.8) is 0 Å². The second kappa shape index (κ2) is 8.18. The molecule has 0 aromatic heterocycles. The molecule has 0 aliphatic rings. The molecule has 0 spiro atoms. The normalized spacial score (nSPS) is 10.4. The van der Waals surface area contributed by atoms with E-state index in [1.165, 1.54) is 0 Å². The van der Waals surface area contributed by atoms with Gasteiger partial charge in [0.15, 0.2) is 11.5 Å². The Morgan fingerprint density at radius 2 is 1.12 bits per heavy atom. The van der Waals surface area contributed by atoms with Crippen molar-refractivity contribution in [2.45, 2.75) is 19.8 Å². The van der Waals surface area contributed by atoms with E-state index in [2.05, 4.69) is 0 Å². The van der Waals surface area contributed by atoms with Gasteiger partial charge in [-0.2, -0.15) is 0 Å². The van der Waals surface area contributed by atoms with Crippen LogP contribution in [0.1, 0.15) is 16.7 Å². The van der Waals surface area contributed by atoms with E-state index in [0.717, 1.165) is 11.1 Å². The minimum Gasteiger partial charge on any atom is -0.485 e. The highest BCUT2D eigenvalue weighted by atomic mass is 16.5. The lowest BCUT2D eigenvalue weighted by Crippen LogP contribution is -2.01. The summed E-state index contributed by atoms with van der Waals surface area (Å²) in [7, 11) is 0. The predicted octanol–water partition coefficient (Wildman–Crippen LogP) is 4.78. The summed E-state index contributed by atoms with van der Waals surface area (Å²) in [5, 5.41) is 11.2. The van der Waals surface area contributed by atoms with E-state index in [1.54, 1.807) is 18.2 Å². The van der Waals surface area contributed by atoms with Crippen LogP contribution >= 0.6 is 0 Å². The van der Waals surface area contributed by atoms with Gasteiger partial charge in [-0.3, -0.25) is 0 Å². The molecule has 0 atom stereocenters. The second-order valence-electron chi connectivity index (χ2n) is 5.47. The lowest BCUT2D eigenvalue weighted by Gasteiger charge is -2.14. The summed E-state index contributed by atoms with van der Waals surface area (Å²) in [4.78, 5) is 0. The SMILES string of the molecule is [O]Cc1ccc(OCc2ccccc2)c(OCc2ccccc2)c1. The van der Waals surface area contributed by atoms with Gasteiger partial charge < -0.3 is 9.47 Å². The Hall–Kier alpha value is -2.78. The van der Waals surface area contributed by atoms with Crippen LogP contribution in [0.4, 0.5) is 0 Å². The number of rotatable bonds is 7. The van der Waals surface area contributed by atoms with Gasteiger partial charge in [-0.1, -0.05) is 66.7 Å². The molecule has 3 rings (SSSR count). The van der Waals surface area contributed by atoms with E-state index >= 15 is 0 Å². The minimum absolute atomic E-state index is 0.277. The van der Waals surface area contributed by atoms with Crippen LogP contribution in [-0.2, 0) is 24.9 Å². The first kappa shape index (κ1) is 16.1. The van der Waals surface area contributed by atoms with Crippen molar-refractivity contribution in [2.24, 2.45) is 0 Å². The molecule has 0 unspecified atom stereocenters. The van der Waals surface area contributed by atoms with E-state index in [9.17, 15) is 5.11 Å². The highest BCUT2D eigenvalue weighted by Gasteiger charge is 2.08. The Morgan fingerprint density at radius 1 is 0.583 bits per heavy atom. The van der Waals surface area contributed by atoms with E-state index in [0.29, 0.717) is 30.3 Å². The number of hydrogen-bond acceptors (Lipinski definition) is 2. The molecule has 1 radical (unpaired) electrons. The van der Waals surface area contributed by atoms with E-state index in [1.807, 2.05) is 60.7 Å². The van der Waals surface area contributed by atoms with Crippen molar-refractivity contribution in [1.29, 1.82) is 0 Å². The zero-order valence-electron chi connectivity index (χ0n) is 13.4. The molecule has 0 aliphatic heterocycles. The first-order chi connectivity index (χ1) is 11.8. The molecule has 3 heteroatoms. The molecule has 0 N–H and O–H groups in total. The Balaban J connectivity index is 1.72. The topological polar surface area (TPSA) is 38.4 Å². The smallest absolute Gasteiger partial charge is 0.162 e. The van der Waals surface area contributed by atoms with Crippen LogP contribution in [0.5, 0.6) is 11.5 Å². The van der Waals surface area contributed by atoms with Gasteiger partial charge in [-0.15, -0.1) is 0 Å². The molecule has 3 aromatic rings. The fourth-order valence-electron chi connectivity index (χ4n) is 2.34. The monoisotopic (exact) mass is 319 g/mol. The second-order valence-corrected chi connectivity index (χ2v) is 5.47. The third kappa shape index (κ3) is 4.37. The molecule has 3 nitrogen and oxygen atoms in total. The van der Waals surface area contributed by atoms with E-state index in [-0.39, 0.29) is 6.61 Å². The van der Waals surface area contributed by atoms with Crippen molar-refractivity contribution in [3.05, 3.63) is 95.6 Å². The third-order valence-corrected chi connectivity index (χ3v) is 3.65. The van der Waals surface area contributed by atoms with Crippen molar-refractivity contribution >= 4 is 0 Å². The van der Waals surface area contributed by atoms with Crippen LogP contribution in [0.25, 0.3) is 0 Å². The first-order valence-corrected chi connectivity index (χ1v) is 7.89. The maximum atomic E-state index is 11.2. The molecule has 0 saturated carbocycles. The summed E-state index contributed by atoms with van der Waals surface area (Å²) in [5.74, 6) is 1.25. The molecule has 0 heterocycles. The zero-order valence-corrected chi connectivity index (χ0v) is 13.4. The van der Waals surface area contributed by atoms with Gasteiger partial charge in [0.1, 0.15) is 19.8 Å². The van der Waals surface area contributed by atoms with Gasteiger partial charge >= 0.3 is 0 Å². The molecule has 0 saturated heterocycles. The molecular formula is C21H19O3. The zero-order chi connectivity index (χ0) is 16.6. The van der Waals surface area contributed by atoms with Crippen LogP contribution in [0.15, 0.2) is 78.9 Å². The van der Waals surface area contributed by atoms with Crippen LogP contribution in [0, 0.1) is 0 Å². The predicted molar refractivity (Wildman–Crippen MR) is 92.4 cm³/mol. The van der Waals surface area contributed by atoms with Crippen molar-refractivity contribution in [3.8, 4) is 11.5 Å². The summed E-state index contributed by atoms with van der Waals surface area (Å²) in [6.07, 6.45) is 0. The van der Waals surface area contributed by atoms with Crippen LogP contribution < -0.4 is 9.47 Å². The Labute approximate surface area is 142 Å². The number of benzene rings is 3. The van der Waals surface area contributed by atoms with Crippen molar-refractivity contribution in [2.75, 3.05) is 0 Å². The quantitative estimate of drug-likeness (QED) is 0.629. The van der Waals surface area contributed by atoms with Crippen molar-refractivity contribution < 1.29 is 14.6 Å². The first-order valence-electron chi connectivity index (χ1n) is 7.89. The standard InChI is InChI=1S/C21H19O3/c22-14-19-11-12-20(23-15-17-7-3-1-4-8-17)21(13-19)24-16-18-9-5-2-6-10-18/h1-13H,14-16H2. The molecule has 24 heavy (non-hydrogen) atoms. The summed E-state index contributed by atoms with van der Waals surface area (Å²) < 4.78 is 11.8. The van der Waals surface area contributed by atoms with Gasteiger partial charge in [0.05, 0.1) is 0 Å². The summed E-state index contributed by atoms with van der Waals surface area (Å²) in [6.45, 7) is 0.616. The third-order valence-electron chi connectivity index (χ3n) is 3.65. The fourth-order valence-corrected chi connectivity index (χ4v) is 2.34. The number of ether oxygens (including phenoxy) is 2. The highest BCUT2D eigenvalue weighted by Crippen LogP contribution is 2.30. The average molecular weight is 319 g/mol. The fraction of sp³-hybridized carbons (Fsp3) is 0.143. The highest BCUT2D eigenvalue weighted by molar-refractivity contribution is 5.43. The lowest BCUT2D eigenvalue weighted by atomic mass is 10.2. The summed E-state index contributed by atoms with van der Waals surface area (Å²) in [6, 6.07) is 25.2. The number of hydrogen-bond donors (Lipinski definition) is 0. The van der Waals surface area contributed by atoms with Gasteiger partial charge in [-0.05, 0) is 28.8 Å². The van der Waals surface area contributed by atoms with E-state index in [4.69, 9.17) is 9.47 Å². The van der Waals surface area contributed by atoms with Gasteiger partial charge in [0.25, 0.3) is 0 Å². The van der Waals surface area contributed by atoms with Gasteiger partial charge in [-0.25, -0.2) is 5.11 Å². The molecule has 0 fully saturated rings. The Bertz CT molecular complexity index is 755. The molecule has 0 aliphatic carbocycles. The lowest BCUT2D eigenvalue weighted by molar-refractivity contribution is 0.176. The van der Waals surface area contributed by atoms with Crippen LogP contribution in [-0.4, -0.2) is 0 Å². The summed E-state index contributed by atoms with van der Waals surface area (Å²) >= 11 is 0. The molecule has 0 amide bonds. The minimum atomic E-state index is -0.277. The van der Waals surface area contributed by atoms with Crippen molar-refractivity contribution in [1.82, 2.24) is 0 Å². The molecule has 121 valence electrons. The van der Waals surface area contributed by atoms with Crippen LogP contribution in [0.2, 0.25) is 0 Å². The molecule has 3 aromatic carbocycles. The maximum absolute atomic E-state index is 11.2. The Kier molecular flexibility index (Phi) is 5.48. The van der Waals surface area contributed by atoms with Gasteiger partial charge in [0.2, 0.25) is 0 Å². The van der Waals surface area contributed by atoms with E-state index < -0.39 is 0 Å².